The predicted octanol–water partition coefficient (Wildman–Crippen LogP) is 1.16. The Balaban J connectivity index is 2.36. The quantitative estimate of drug-likeness (QED) is 0.698. The van der Waals surface area contributed by atoms with Crippen LogP contribution in [-0.4, -0.2) is 23.0 Å². The third-order valence-electron chi connectivity index (χ3n) is 2.47. The molecule has 1 aliphatic rings. The molecule has 0 aromatic rings. The summed E-state index contributed by atoms with van der Waals surface area (Å²) >= 11 is 0. The fraction of sp³-hybridized carbons (Fsp3) is 0.800. The van der Waals surface area contributed by atoms with E-state index < -0.39 is 5.97 Å². The maximum Gasteiger partial charge on any atom is 0.303 e. The van der Waals surface area contributed by atoms with E-state index in [1.807, 2.05) is 13.8 Å². The smallest absolute Gasteiger partial charge is 0.303 e. The van der Waals surface area contributed by atoms with Crippen molar-refractivity contribution >= 4 is 11.9 Å². The molecule has 4 heteroatoms. The lowest BCUT2D eigenvalue weighted by atomic mass is 9.97. The van der Waals surface area contributed by atoms with E-state index in [1.54, 1.807) is 0 Å². The minimum absolute atomic E-state index is 0.0289. The molecule has 0 aliphatic heterocycles. The van der Waals surface area contributed by atoms with E-state index in [1.165, 1.54) is 0 Å². The molecule has 1 rings (SSSR count). The second-order valence-corrected chi connectivity index (χ2v) is 4.47. The van der Waals surface area contributed by atoms with Gasteiger partial charge in [0.15, 0.2) is 0 Å². The lowest BCUT2D eigenvalue weighted by Gasteiger charge is -2.13. The summed E-state index contributed by atoms with van der Waals surface area (Å²) in [5.41, 5.74) is -0.231. The summed E-state index contributed by atoms with van der Waals surface area (Å²) in [5.74, 6) is -0.835. The van der Waals surface area contributed by atoms with Gasteiger partial charge in [0.2, 0.25) is 5.91 Å². The molecule has 1 fully saturated rings. The summed E-state index contributed by atoms with van der Waals surface area (Å²) in [6, 6.07) is 0.128. The van der Waals surface area contributed by atoms with Crippen molar-refractivity contribution in [1.29, 1.82) is 0 Å². The van der Waals surface area contributed by atoms with Crippen LogP contribution in [-0.2, 0) is 9.59 Å². The average Bonchev–Trinajstić information content (AvgIpc) is 2.63. The SMILES string of the molecule is CC(C)NC(=O)CC1(CC(=O)O)CC1. The van der Waals surface area contributed by atoms with Crippen LogP contribution in [0.25, 0.3) is 0 Å². The summed E-state index contributed by atoms with van der Waals surface area (Å²) in [5, 5.41) is 11.4. The standard InChI is InChI=1S/C10H17NO3/c1-7(2)11-8(12)5-10(3-4-10)6-9(13)14/h7H,3-6H2,1-2H3,(H,11,12)(H,13,14). The molecule has 1 amide bonds. The molecule has 0 aromatic carbocycles. The van der Waals surface area contributed by atoms with Gasteiger partial charge in [-0.1, -0.05) is 0 Å². The van der Waals surface area contributed by atoms with Crippen LogP contribution in [0.15, 0.2) is 0 Å². The molecule has 0 saturated heterocycles. The highest BCUT2D eigenvalue weighted by molar-refractivity contribution is 5.78. The number of carboxylic acid groups (broad SMARTS) is 1. The number of carbonyl (C=O) groups excluding carboxylic acids is 1. The van der Waals surface area contributed by atoms with Crippen LogP contribution in [0.1, 0.15) is 39.5 Å². The Morgan fingerprint density at radius 2 is 1.93 bits per heavy atom. The van der Waals surface area contributed by atoms with Gasteiger partial charge in [0.05, 0.1) is 6.42 Å². The Hall–Kier alpha value is -1.06. The van der Waals surface area contributed by atoms with E-state index in [2.05, 4.69) is 5.32 Å². The van der Waals surface area contributed by atoms with Crippen molar-refractivity contribution in [3.05, 3.63) is 0 Å². The average molecular weight is 199 g/mol. The molecule has 0 atom stereocenters. The van der Waals surface area contributed by atoms with Gasteiger partial charge in [-0.3, -0.25) is 9.59 Å². The van der Waals surface area contributed by atoms with E-state index in [4.69, 9.17) is 5.11 Å². The third-order valence-corrected chi connectivity index (χ3v) is 2.47. The summed E-state index contributed by atoms with van der Waals surface area (Å²) in [6.07, 6.45) is 2.21. The Labute approximate surface area is 83.7 Å². The molecule has 0 spiro atoms. The van der Waals surface area contributed by atoms with E-state index >= 15 is 0 Å². The topological polar surface area (TPSA) is 66.4 Å². The van der Waals surface area contributed by atoms with Crippen molar-refractivity contribution in [1.82, 2.24) is 5.32 Å². The summed E-state index contributed by atoms with van der Waals surface area (Å²) in [7, 11) is 0. The van der Waals surface area contributed by atoms with Crippen LogP contribution in [0.2, 0.25) is 0 Å². The van der Waals surface area contributed by atoms with Crippen molar-refractivity contribution in [3.8, 4) is 0 Å². The number of carboxylic acids is 1. The molecule has 0 heterocycles. The number of nitrogens with one attached hydrogen (secondary N) is 1. The second-order valence-electron chi connectivity index (χ2n) is 4.47. The number of hydrogen-bond acceptors (Lipinski definition) is 2. The molecule has 0 aromatic heterocycles. The highest BCUT2D eigenvalue weighted by Crippen LogP contribution is 2.51. The molecule has 0 radical (unpaired) electrons. The van der Waals surface area contributed by atoms with Crippen molar-refractivity contribution in [2.75, 3.05) is 0 Å². The van der Waals surface area contributed by atoms with E-state index in [-0.39, 0.29) is 23.8 Å². The first-order valence-electron chi connectivity index (χ1n) is 4.95. The van der Waals surface area contributed by atoms with Gasteiger partial charge >= 0.3 is 5.97 Å². The van der Waals surface area contributed by atoms with Gasteiger partial charge in [0.1, 0.15) is 0 Å². The maximum absolute atomic E-state index is 11.4. The first-order valence-corrected chi connectivity index (χ1v) is 4.95. The monoisotopic (exact) mass is 199 g/mol. The normalized spacial score (nSPS) is 17.9. The van der Waals surface area contributed by atoms with Crippen LogP contribution >= 0.6 is 0 Å². The highest BCUT2D eigenvalue weighted by Gasteiger charge is 2.45. The molecule has 1 aliphatic carbocycles. The largest absolute Gasteiger partial charge is 0.481 e. The number of hydrogen-bond donors (Lipinski definition) is 2. The lowest BCUT2D eigenvalue weighted by Crippen LogP contribution is -2.32. The van der Waals surface area contributed by atoms with Gasteiger partial charge in [-0.2, -0.15) is 0 Å². The zero-order valence-electron chi connectivity index (χ0n) is 8.67. The Bertz CT molecular complexity index is 244. The van der Waals surface area contributed by atoms with E-state index in [0.717, 1.165) is 12.8 Å². The zero-order chi connectivity index (χ0) is 10.8. The molecule has 1 saturated carbocycles. The first-order chi connectivity index (χ1) is 6.43. The molecule has 0 bridgehead atoms. The second kappa shape index (κ2) is 3.98. The lowest BCUT2D eigenvalue weighted by molar-refractivity contribution is -0.138. The zero-order valence-corrected chi connectivity index (χ0v) is 8.67. The maximum atomic E-state index is 11.4. The van der Waals surface area contributed by atoms with Crippen LogP contribution in [0, 0.1) is 5.41 Å². The van der Waals surface area contributed by atoms with Crippen molar-refractivity contribution in [2.24, 2.45) is 5.41 Å². The molecular weight excluding hydrogens is 182 g/mol. The number of amides is 1. The van der Waals surface area contributed by atoms with Crippen LogP contribution in [0.5, 0.6) is 0 Å². The summed E-state index contributed by atoms with van der Waals surface area (Å²) in [4.78, 5) is 21.9. The minimum Gasteiger partial charge on any atom is -0.481 e. The van der Waals surface area contributed by atoms with Crippen LogP contribution in [0.4, 0.5) is 0 Å². The Morgan fingerprint density at radius 3 is 2.29 bits per heavy atom. The summed E-state index contributed by atoms with van der Waals surface area (Å²) < 4.78 is 0. The summed E-state index contributed by atoms with van der Waals surface area (Å²) in [6.45, 7) is 3.79. The number of rotatable bonds is 5. The molecule has 2 N–H and O–H groups in total. The Morgan fingerprint density at radius 1 is 1.36 bits per heavy atom. The van der Waals surface area contributed by atoms with E-state index in [9.17, 15) is 9.59 Å². The van der Waals surface area contributed by atoms with Gasteiger partial charge in [0, 0.05) is 12.5 Å². The minimum atomic E-state index is -0.806. The van der Waals surface area contributed by atoms with Gasteiger partial charge in [-0.25, -0.2) is 0 Å². The number of aliphatic carboxylic acids is 1. The third kappa shape index (κ3) is 3.36. The first kappa shape index (κ1) is 11.0. The fourth-order valence-corrected chi connectivity index (χ4v) is 1.63. The molecular formula is C10H17NO3. The van der Waals surface area contributed by atoms with Crippen LogP contribution in [0.3, 0.4) is 0 Å². The van der Waals surface area contributed by atoms with Crippen molar-refractivity contribution in [3.63, 3.8) is 0 Å². The van der Waals surface area contributed by atoms with Crippen molar-refractivity contribution in [2.45, 2.75) is 45.6 Å². The van der Waals surface area contributed by atoms with Gasteiger partial charge in [0.25, 0.3) is 0 Å². The fourth-order valence-electron chi connectivity index (χ4n) is 1.63. The molecule has 80 valence electrons. The van der Waals surface area contributed by atoms with Crippen molar-refractivity contribution < 1.29 is 14.7 Å². The molecule has 14 heavy (non-hydrogen) atoms. The van der Waals surface area contributed by atoms with Crippen LogP contribution < -0.4 is 5.32 Å². The molecule has 4 nitrogen and oxygen atoms in total. The van der Waals surface area contributed by atoms with Gasteiger partial charge in [-0.05, 0) is 32.1 Å². The number of carbonyl (C=O) groups is 2. The van der Waals surface area contributed by atoms with Gasteiger partial charge < -0.3 is 10.4 Å². The highest BCUT2D eigenvalue weighted by atomic mass is 16.4. The Kier molecular flexibility index (Phi) is 3.13. The van der Waals surface area contributed by atoms with E-state index in [0.29, 0.717) is 6.42 Å². The predicted molar refractivity (Wildman–Crippen MR) is 51.8 cm³/mol. The molecule has 0 unspecified atom stereocenters. The van der Waals surface area contributed by atoms with Gasteiger partial charge in [-0.15, -0.1) is 0 Å².